The molecule has 4 rings (SSSR count). The third-order valence-corrected chi connectivity index (χ3v) is 5.47. The Kier molecular flexibility index (Phi) is 2.92. The first kappa shape index (κ1) is 12.8. The lowest BCUT2D eigenvalue weighted by Crippen LogP contribution is -2.64. The summed E-state index contributed by atoms with van der Waals surface area (Å²) in [7, 11) is 0. The van der Waals surface area contributed by atoms with Crippen LogP contribution in [0.2, 0.25) is 0 Å². The van der Waals surface area contributed by atoms with Gasteiger partial charge in [0.1, 0.15) is 11.7 Å². The molecule has 1 spiro atoms. The van der Waals surface area contributed by atoms with Gasteiger partial charge in [-0.3, -0.25) is 0 Å². The highest BCUT2D eigenvalue weighted by Gasteiger charge is 2.60. The minimum Gasteiger partial charge on any atom is -0.334 e. The van der Waals surface area contributed by atoms with Gasteiger partial charge in [-0.05, 0) is 32.1 Å². The second-order valence-corrected chi connectivity index (χ2v) is 6.48. The minimum absolute atomic E-state index is 0.0185. The summed E-state index contributed by atoms with van der Waals surface area (Å²) in [6.07, 6.45) is 6.98. The van der Waals surface area contributed by atoms with Gasteiger partial charge < -0.3 is 4.74 Å². The van der Waals surface area contributed by atoms with Crippen LogP contribution in [0, 0.1) is 5.92 Å². The van der Waals surface area contributed by atoms with E-state index >= 15 is 0 Å². The van der Waals surface area contributed by atoms with Gasteiger partial charge in [-0.25, -0.2) is 4.89 Å². The maximum absolute atomic E-state index is 6.65. The second kappa shape index (κ2) is 4.55. The molecule has 108 valence electrons. The Hall–Kier alpha value is -0.900. The molecule has 4 atom stereocenters. The molecule has 3 heteroatoms. The summed E-state index contributed by atoms with van der Waals surface area (Å²) in [4.78, 5) is 11.5. The lowest BCUT2D eigenvalue weighted by atomic mass is 9.67. The summed E-state index contributed by atoms with van der Waals surface area (Å²) >= 11 is 0. The molecule has 20 heavy (non-hydrogen) atoms. The third-order valence-electron chi connectivity index (χ3n) is 5.47. The van der Waals surface area contributed by atoms with Gasteiger partial charge in [0.25, 0.3) is 0 Å². The molecular weight excluding hydrogens is 252 g/mol. The Morgan fingerprint density at radius 1 is 1.05 bits per heavy atom. The summed E-state index contributed by atoms with van der Waals surface area (Å²) in [5.74, 6) is -0.0753. The molecule has 3 nitrogen and oxygen atoms in total. The predicted molar refractivity (Wildman–Crippen MR) is 74.8 cm³/mol. The normalized spacial score (nSPS) is 43.9. The molecule has 1 aromatic carbocycles. The quantitative estimate of drug-likeness (QED) is 0.726. The lowest BCUT2D eigenvalue weighted by Gasteiger charge is -2.58. The van der Waals surface area contributed by atoms with Crippen molar-refractivity contribution in [3.05, 3.63) is 35.9 Å². The van der Waals surface area contributed by atoms with Crippen LogP contribution in [0.4, 0.5) is 0 Å². The molecule has 2 heterocycles. The van der Waals surface area contributed by atoms with Crippen molar-refractivity contribution in [2.75, 3.05) is 0 Å². The number of benzene rings is 1. The molecule has 0 radical (unpaired) electrons. The van der Waals surface area contributed by atoms with Gasteiger partial charge in [-0.2, -0.15) is 4.89 Å². The van der Waals surface area contributed by atoms with Crippen LogP contribution in [0.1, 0.15) is 51.0 Å². The van der Waals surface area contributed by atoms with Crippen LogP contribution in [-0.4, -0.2) is 11.7 Å². The van der Waals surface area contributed by atoms with Crippen LogP contribution < -0.4 is 0 Å². The molecule has 0 N–H and O–H groups in total. The Morgan fingerprint density at radius 3 is 2.75 bits per heavy atom. The zero-order valence-electron chi connectivity index (χ0n) is 12.0. The average molecular weight is 274 g/mol. The van der Waals surface area contributed by atoms with E-state index in [1.165, 1.54) is 25.7 Å². The second-order valence-electron chi connectivity index (χ2n) is 6.48. The highest BCUT2D eigenvalue weighted by atomic mass is 17.2. The van der Waals surface area contributed by atoms with Crippen molar-refractivity contribution in [3.8, 4) is 0 Å². The first-order valence-electron chi connectivity index (χ1n) is 7.85. The van der Waals surface area contributed by atoms with Crippen LogP contribution in [0.3, 0.4) is 0 Å². The fraction of sp³-hybridized carbons (Fsp3) is 0.647. The van der Waals surface area contributed by atoms with Gasteiger partial charge in [0.05, 0.1) is 0 Å². The molecule has 3 fully saturated rings. The van der Waals surface area contributed by atoms with E-state index in [0.29, 0.717) is 5.92 Å². The van der Waals surface area contributed by atoms with Gasteiger partial charge in [0.15, 0.2) is 0 Å². The first-order valence-corrected chi connectivity index (χ1v) is 7.85. The third kappa shape index (κ3) is 1.70. The molecule has 2 unspecified atom stereocenters. The highest BCUT2D eigenvalue weighted by Crippen LogP contribution is 2.56. The van der Waals surface area contributed by atoms with Gasteiger partial charge in [0, 0.05) is 12.0 Å². The monoisotopic (exact) mass is 274 g/mol. The van der Waals surface area contributed by atoms with Crippen molar-refractivity contribution in [2.45, 2.75) is 62.9 Å². The molecule has 3 aliphatic rings. The topological polar surface area (TPSA) is 27.7 Å². The molecule has 2 bridgehead atoms. The van der Waals surface area contributed by atoms with E-state index in [1.807, 2.05) is 18.2 Å². The summed E-state index contributed by atoms with van der Waals surface area (Å²) in [6, 6.07) is 10.3. The Balaban J connectivity index is 1.74. The zero-order valence-corrected chi connectivity index (χ0v) is 12.0. The lowest BCUT2D eigenvalue weighted by molar-refractivity contribution is -0.548. The zero-order chi connectivity index (χ0) is 13.6. The van der Waals surface area contributed by atoms with E-state index in [1.54, 1.807) is 0 Å². The smallest absolute Gasteiger partial charge is 0.228 e. The number of hydrogen-bond acceptors (Lipinski definition) is 3. The molecule has 1 saturated carbocycles. The number of fused-ring (bicyclic) bond motifs is 1. The first-order chi connectivity index (χ1) is 9.75. The number of hydrogen-bond donors (Lipinski definition) is 0. The SMILES string of the molecule is CC1OOC2(c3ccccc3)CC[C@H]3CCCC[C@]13O2. The van der Waals surface area contributed by atoms with Crippen LogP contribution in [0.5, 0.6) is 0 Å². The highest BCUT2D eigenvalue weighted by molar-refractivity contribution is 5.22. The molecule has 2 aliphatic heterocycles. The molecule has 0 aromatic heterocycles. The van der Waals surface area contributed by atoms with Crippen molar-refractivity contribution in [3.63, 3.8) is 0 Å². The summed E-state index contributed by atoms with van der Waals surface area (Å²) < 4.78 is 6.65. The van der Waals surface area contributed by atoms with E-state index in [4.69, 9.17) is 14.5 Å². The average Bonchev–Trinajstić information content (AvgIpc) is 2.52. The van der Waals surface area contributed by atoms with Crippen LogP contribution in [0.15, 0.2) is 30.3 Å². The van der Waals surface area contributed by atoms with Gasteiger partial charge >= 0.3 is 0 Å². The van der Waals surface area contributed by atoms with Gasteiger partial charge in [0.2, 0.25) is 5.79 Å². The van der Waals surface area contributed by atoms with E-state index in [2.05, 4.69) is 19.1 Å². The fourth-order valence-electron chi connectivity index (χ4n) is 4.34. The summed E-state index contributed by atoms with van der Waals surface area (Å²) in [6.45, 7) is 2.10. The Bertz CT molecular complexity index is 488. The molecule has 2 saturated heterocycles. The molecule has 1 aromatic rings. The van der Waals surface area contributed by atoms with E-state index < -0.39 is 5.79 Å². The largest absolute Gasteiger partial charge is 0.334 e. The van der Waals surface area contributed by atoms with E-state index in [0.717, 1.165) is 18.4 Å². The van der Waals surface area contributed by atoms with Gasteiger partial charge in [-0.15, -0.1) is 0 Å². The summed E-state index contributed by atoms with van der Waals surface area (Å²) in [5.41, 5.74) is 0.931. The molecule has 1 aliphatic carbocycles. The molecule has 0 amide bonds. The van der Waals surface area contributed by atoms with Crippen molar-refractivity contribution in [1.29, 1.82) is 0 Å². The van der Waals surface area contributed by atoms with Crippen molar-refractivity contribution in [1.82, 2.24) is 0 Å². The van der Waals surface area contributed by atoms with Crippen LogP contribution in [-0.2, 0) is 20.3 Å². The van der Waals surface area contributed by atoms with Crippen LogP contribution in [0.25, 0.3) is 0 Å². The minimum atomic E-state index is -0.693. The number of ether oxygens (including phenoxy) is 1. The maximum Gasteiger partial charge on any atom is 0.228 e. The van der Waals surface area contributed by atoms with Gasteiger partial charge in [-0.1, -0.05) is 43.2 Å². The van der Waals surface area contributed by atoms with Crippen molar-refractivity contribution >= 4 is 0 Å². The standard InChI is InChI=1S/C17H22O3/c1-13-16-11-6-5-7-14(16)10-12-17(19-16,20-18-13)15-8-3-2-4-9-15/h2-4,8-9,13-14H,5-7,10-12H2,1H3/t13?,14-,16+,17?/m1/s1. The van der Waals surface area contributed by atoms with Crippen molar-refractivity contribution in [2.24, 2.45) is 5.92 Å². The summed E-state index contributed by atoms with van der Waals surface area (Å²) in [5, 5.41) is 0. The Morgan fingerprint density at radius 2 is 1.90 bits per heavy atom. The predicted octanol–water partition coefficient (Wildman–Crippen LogP) is 3.93. The maximum atomic E-state index is 6.65. The van der Waals surface area contributed by atoms with Crippen molar-refractivity contribution < 1.29 is 14.5 Å². The van der Waals surface area contributed by atoms with E-state index in [-0.39, 0.29) is 11.7 Å². The Labute approximate surface area is 120 Å². The molecular formula is C17H22O3. The van der Waals surface area contributed by atoms with E-state index in [9.17, 15) is 0 Å². The number of rotatable bonds is 1. The fourth-order valence-corrected chi connectivity index (χ4v) is 4.34. The van der Waals surface area contributed by atoms with Crippen LogP contribution >= 0.6 is 0 Å².